The van der Waals surface area contributed by atoms with Gasteiger partial charge < -0.3 is 25.3 Å². The van der Waals surface area contributed by atoms with E-state index in [9.17, 15) is 31.1 Å². The summed E-state index contributed by atoms with van der Waals surface area (Å²) in [6.07, 6.45) is -8.27. The van der Waals surface area contributed by atoms with Crippen LogP contribution in [-0.2, 0) is 22.4 Å². The van der Waals surface area contributed by atoms with E-state index in [1.54, 1.807) is 7.05 Å². The number of fused-ring (bicyclic) bond motifs is 1. The number of alkyl halides is 6. The molecule has 9 nitrogen and oxygen atoms in total. The zero-order valence-electron chi connectivity index (χ0n) is 18.1. The first-order valence-electron chi connectivity index (χ1n) is 9.12. The number of halogens is 6. The summed E-state index contributed by atoms with van der Waals surface area (Å²) in [6.45, 7) is 2.04. The van der Waals surface area contributed by atoms with Crippen LogP contribution in [0.5, 0.6) is 0 Å². The molecule has 2 rings (SSSR count). The van der Waals surface area contributed by atoms with E-state index in [1.807, 2.05) is 25.1 Å². The van der Waals surface area contributed by atoms with Crippen molar-refractivity contribution in [3.05, 3.63) is 22.9 Å². The topological polar surface area (TPSA) is 123 Å². The summed E-state index contributed by atoms with van der Waals surface area (Å²) < 4.78 is 63.5. The number of hydrogen-bond acceptors (Lipinski definition) is 6. The number of rotatable bonds is 2. The Kier molecular flexibility index (Phi) is 11.1. The number of aromatic nitrogens is 1. The highest BCUT2D eigenvalue weighted by Gasteiger charge is 2.38. The number of nitrogens with one attached hydrogen (secondary N) is 1. The Hall–Kier alpha value is -3.10. The number of nitrogens with zero attached hydrogens (tertiary/aromatic N) is 3. The van der Waals surface area contributed by atoms with Crippen LogP contribution in [0, 0.1) is 0 Å². The average molecular weight is 490 g/mol. The van der Waals surface area contributed by atoms with Gasteiger partial charge in [-0.3, -0.25) is 4.79 Å². The van der Waals surface area contributed by atoms with Crippen LogP contribution in [0.1, 0.15) is 21.6 Å². The van der Waals surface area contributed by atoms with Crippen molar-refractivity contribution in [1.82, 2.24) is 15.2 Å². The van der Waals surface area contributed by atoms with E-state index in [1.165, 1.54) is 5.56 Å². The van der Waals surface area contributed by atoms with Gasteiger partial charge in [-0.2, -0.15) is 26.3 Å². The molecule has 0 fully saturated rings. The molecule has 3 N–H and O–H groups in total. The first-order chi connectivity index (χ1) is 14.9. The van der Waals surface area contributed by atoms with Gasteiger partial charge in [0, 0.05) is 46.3 Å². The summed E-state index contributed by atoms with van der Waals surface area (Å²) >= 11 is 0. The molecule has 188 valence electrons. The number of carboxylic acid groups (broad SMARTS) is 2. The molecule has 15 heteroatoms. The number of amides is 1. The number of pyridine rings is 1. The molecule has 0 saturated heterocycles. The number of aliphatic carboxylic acids is 2. The van der Waals surface area contributed by atoms with Gasteiger partial charge in [-0.1, -0.05) is 0 Å². The van der Waals surface area contributed by atoms with Crippen LogP contribution in [0.25, 0.3) is 0 Å². The summed E-state index contributed by atoms with van der Waals surface area (Å²) in [4.78, 5) is 38.7. The summed E-state index contributed by atoms with van der Waals surface area (Å²) in [7, 11) is 7.62. The highest BCUT2D eigenvalue weighted by molar-refractivity contribution is 5.99. The molecule has 0 unspecified atom stereocenters. The molecule has 1 amide bonds. The molecule has 1 aliphatic rings. The highest BCUT2D eigenvalue weighted by Crippen LogP contribution is 2.23. The van der Waals surface area contributed by atoms with Crippen LogP contribution in [0.3, 0.4) is 0 Å². The van der Waals surface area contributed by atoms with E-state index >= 15 is 0 Å². The summed E-state index contributed by atoms with van der Waals surface area (Å²) in [5, 5.41) is 16.9. The standard InChI is InChI=1S/C14H22N4O.2C2HF3O2/c1-15-14(19)11-9-10-5-7-18(4)8-6-12(10)16-13(11)17(2)3;2*3-2(4,5)1(6)7/h9H,5-8H2,1-4H3,(H,15,19);2*(H,6,7). The Balaban J connectivity index is 0.000000605. The SMILES string of the molecule is CNC(=O)c1cc2c(nc1N(C)C)CCN(C)CC2.O=C(O)C(F)(F)F.O=C(O)C(F)(F)F. The van der Waals surface area contributed by atoms with E-state index in [4.69, 9.17) is 24.8 Å². The zero-order valence-corrected chi connectivity index (χ0v) is 18.1. The van der Waals surface area contributed by atoms with Crippen molar-refractivity contribution in [2.45, 2.75) is 25.2 Å². The van der Waals surface area contributed by atoms with Crippen LogP contribution >= 0.6 is 0 Å². The third-order valence-corrected chi connectivity index (χ3v) is 4.04. The third-order valence-electron chi connectivity index (χ3n) is 4.04. The Morgan fingerprint density at radius 2 is 1.42 bits per heavy atom. The Morgan fingerprint density at radius 3 is 1.79 bits per heavy atom. The summed E-state index contributed by atoms with van der Waals surface area (Å²) in [6, 6.07) is 2.01. The van der Waals surface area contributed by atoms with Crippen molar-refractivity contribution < 1.29 is 50.9 Å². The molecule has 0 atom stereocenters. The second kappa shape index (κ2) is 12.2. The van der Waals surface area contributed by atoms with Gasteiger partial charge >= 0.3 is 24.3 Å². The van der Waals surface area contributed by atoms with Crippen molar-refractivity contribution in [2.75, 3.05) is 46.2 Å². The molecule has 0 saturated carbocycles. The highest BCUT2D eigenvalue weighted by atomic mass is 19.4. The van der Waals surface area contributed by atoms with E-state index in [0.717, 1.165) is 37.4 Å². The van der Waals surface area contributed by atoms with Crippen molar-refractivity contribution in [3.63, 3.8) is 0 Å². The average Bonchev–Trinajstić information content (AvgIpc) is 2.87. The fraction of sp³-hybridized carbons (Fsp3) is 0.556. The van der Waals surface area contributed by atoms with Gasteiger partial charge in [0.05, 0.1) is 5.56 Å². The molecule has 1 aromatic heterocycles. The maximum atomic E-state index is 12.0. The van der Waals surface area contributed by atoms with Gasteiger partial charge in [0.15, 0.2) is 0 Å². The number of hydrogen-bond donors (Lipinski definition) is 3. The van der Waals surface area contributed by atoms with Gasteiger partial charge in [-0.25, -0.2) is 14.6 Å². The molecule has 0 radical (unpaired) electrons. The predicted octanol–water partition coefficient (Wildman–Crippen LogP) is 1.80. The van der Waals surface area contributed by atoms with Crippen molar-refractivity contribution >= 4 is 23.7 Å². The molecular formula is C18H24F6N4O5. The zero-order chi connectivity index (χ0) is 26.1. The normalized spacial score (nSPS) is 13.8. The molecule has 33 heavy (non-hydrogen) atoms. The van der Waals surface area contributed by atoms with Gasteiger partial charge in [-0.15, -0.1) is 0 Å². The largest absolute Gasteiger partial charge is 0.490 e. The van der Waals surface area contributed by atoms with Crippen molar-refractivity contribution in [2.24, 2.45) is 0 Å². The van der Waals surface area contributed by atoms with E-state index < -0.39 is 24.3 Å². The minimum Gasteiger partial charge on any atom is -0.475 e. The van der Waals surface area contributed by atoms with Crippen molar-refractivity contribution in [3.8, 4) is 0 Å². The van der Waals surface area contributed by atoms with Crippen LogP contribution in [-0.4, -0.2) is 91.6 Å². The second-order valence-electron chi connectivity index (χ2n) is 6.85. The third kappa shape index (κ3) is 10.4. The minimum atomic E-state index is -5.08. The molecule has 0 bridgehead atoms. The van der Waals surface area contributed by atoms with Crippen LogP contribution < -0.4 is 10.2 Å². The molecule has 0 spiro atoms. The molecule has 1 aliphatic heterocycles. The lowest BCUT2D eigenvalue weighted by atomic mass is 10.0. The first kappa shape index (κ1) is 29.9. The lowest BCUT2D eigenvalue weighted by Gasteiger charge is -2.18. The van der Waals surface area contributed by atoms with Crippen LogP contribution in [0.2, 0.25) is 0 Å². The molecular weight excluding hydrogens is 466 g/mol. The summed E-state index contributed by atoms with van der Waals surface area (Å²) in [5.41, 5.74) is 2.99. The molecule has 2 heterocycles. The first-order valence-corrected chi connectivity index (χ1v) is 9.12. The number of carbonyl (C=O) groups is 3. The van der Waals surface area contributed by atoms with Gasteiger partial charge in [-0.05, 0) is 25.1 Å². The maximum Gasteiger partial charge on any atom is 0.490 e. The Bertz CT molecular complexity index is 819. The van der Waals surface area contributed by atoms with E-state index in [2.05, 4.69) is 17.3 Å². The van der Waals surface area contributed by atoms with E-state index in [-0.39, 0.29) is 5.91 Å². The lowest BCUT2D eigenvalue weighted by molar-refractivity contribution is -0.193. The monoisotopic (exact) mass is 490 g/mol. The van der Waals surface area contributed by atoms with Gasteiger partial charge in [0.25, 0.3) is 5.91 Å². The minimum absolute atomic E-state index is 0.0726. The van der Waals surface area contributed by atoms with E-state index in [0.29, 0.717) is 5.56 Å². The fourth-order valence-electron chi connectivity index (χ4n) is 2.38. The van der Waals surface area contributed by atoms with Crippen LogP contribution in [0.4, 0.5) is 32.2 Å². The Labute approximate surface area is 185 Å². The number of likely N-dealkylation sites (N-methyl/N-ethyl adjacent to an activating group) is 1. The molecule has 1 aromatic rings. The maximum absolute atomic E-state index is 12.0. The van der Waals surface area contributed by atoms with Crippen LogP contribution in [0.15, 0.2) is 6.07 Å². The molecule has 0 aliphatic carbocycles. The molecule has 0 aromatic carbocycles. The quantitative estimate of drug-likeness (QED) is 0.537. The number of anilines is 1. The Morgan fingerprint density at radius 1 is 1.00 bits per heavy atom. The number of carboxylic acids is 2. The second-order valence-corrected chi connectivity index (χ2v) is 6.85. The fourth-order valence-corrected chi connectivity index (χ4v) is 2.38. The smallest absolute Gasteiger partial charge is 0.475 e. The van der Waals surface area contributed by atoms with Gasteiger partial charge in [0.1, 0.15) is 5.82 Å². The number of carbonyl (C=O) groups excluding carboxylic acids is 1. The lowest BCUT2D eigenvalue weighted by Crippen LogP contribution is -2.24. The predicted molar refractivity (Wildman–Crippen MR) is 104 cm³/mol. The van der Waals surface area contributed by atoms with Gasteiger partial charge in [0.2, 0.25) is 0 Å². The summed E-state index contributed by atoms with van der Waals surface area (Å²) in [5.74, 6) is -4.83. The van der Waals surface area contributed by atoms with Crippen molar-refractivity contribution in [1.29, 1.82) is 0 Å².